The van der Waals surface area contributed by atoms with Crippen LogP contribution in [0.5, 0.6) is 0 Å². The van der Waals surface area contributed by atoms with Crippen LogP contribution >= 0.6 is 0 Å². The minimum Gasteiger partial charge on any atom is -0.377 e. The molecule has 1 nitrogen and oxygen atoms in total. The van der Waals surface area contributed by atoms with Gasteiger partial charge in [0.25, 0.3) is 0 Å². The number of hydrogen-bond acceptors (Lipinski definition) is 1. The van der Waals surface area contributed by atoms with Crippen molar-refractivity contribution in [2.75, 3.05) is 6.61 Å². The molecule has 0 aromatic heterocycles. The van der Waals surface area contributed by atoms with E-state index in [0.717, 1.165) is 70.0 Å². The molecule has 0 N–H and O–H groups in total. The molecule has 1 fully saturated rings. The van der Waals surface area contributed by atoms with E-state index in [2.05, 4.69) is 166 Å². The molecule has 0 bridgehead atoms. The fraction of sp³-hybridized carbons (Fsp3) is 0.510. The molecule has 0 aliphatic heterocycles. The second-order valence-electron chi connectivity index (χ2n) is 13.9. The van der Waals surface area contributed by atoms with E-state index in [1.165, 1.54) is 70.2 Å². The summed E-state index contributed by atoms with van der Waals surface area (Å²) >= 11 is 0. The van der Waals surface area contributed by atoms with Gasteiger partial charge in [0.1, 0.15) is 0 Å². The quantitative estimate of drug-likeness (QED) is 0.152. The molecular formula is C49H74O. The molecular weight excluding hydrogens is 605 g/mol. The molecule has 0 amide bonds. The number of hydrogen-bond donors (Lipinski definition) is 0. The lowest BCUT2D eigenvalue weighted by Crippen LogP contribution is -2.08. The molecule has 4 aromatic rings. The van der Waals surface area contributed by atoms with Crippen LogP contribution in [0.15, 0.2) is 97.1 Å². The Labute approximate surface area is 310 Å². The summed E-state index contributed by atoms with van der Waals surface area (Å²) in [7, 11) is 0. The molecule has 1 saturated carbocycles. The predicted molar refractivity (Wildman–Crippen MR) is 224 cm³/mol. The third-order valence-corrected chi connectivity index (χ3v) is 9.57. The maximum absolute atomic E-state index is 5.41. The first-order chi connectivity index (χ1) is 24.2. The Kier molecular flexibility index (Phi) is 25.6. The van der Waals surface area contributed by atoms with E-state index < -0.39 is 0 Å². The zero-order valence-corrected chi connectivity index (χ0v) is 34.0. The highest BCUT2D eigenvalue weighted by Gasteiger charge is 2.13. The maximum atomic E-state index is 5.41. The standard InChI is InChI=1S/C11H16O.3C10H14.C8H16/c1-3-8-12-9-11-6-4-10(2)5-7-11;1-3-9-5-7-10(4-2)8-6-9;1-3-9-6-5-7-10(4-2)8-9;1-3-9-7-5-6-8-10(9)4-2;1-7-3-5-8(2)6-4-7/h4-7H,3,8-9H2,1-2H3;3*5-8H,3-4H2,1-2H3;7-8H,3-6H2,1-2H3. The van der Waals surface area contributed by atoms with Crippen molar-refractivity contribution < 1.29 is 4.74 Å². The van der Waals surface area contributed by atoms with Gasteiger partial charge in [-0.15, -0.1) is 0 Å². The molecule has 50 heavy (non-hydrogen) atoms. The summed E-state index contributed by atoms with van der Waals surface area (Å²) in [6.07, 6.45) is 13.9. The molecule has 4 aromatic carbocycles. The van der Waals surface area contributed by atoms with Crippen molar-refractivity contribution >= 4 is 0 Å². The monoisotopic (exact) mass is 679 g/mol. The first-order valence-electron chi connectivity index (χ1n) is 20.1. The molecule has 1 heteroatoms. The Balaban J connectivity index is 0.000000314. The summed E-state index contributed by atoms with van der Waals surface area (Å²) in [5.41, 5.74) is 11.3. The molecule has 0 heterocycles. The van der Waals surface area contributed by atoms with Gasteiger partial charge in [-0.05, 0) is 103 Å². The average Bonchev–Trinajstić information content (AvgIpc) is 3.17. The van der Waals surface area contributed by atoms with Crippen molar-refractivity contribution in [1.82, 2.24) is 0 Å². The smallest absolute Gasteiger partial charge is 0.0716 e. The highest BCUT2D eigenvalue weighted by atomic mass is 16.5. The first kappa shape index (κ1) is 44.9. The molecule has 0 atom stereocenters. The van der Waals surface area contributed by atoms with Gasteiger partial charge in [-0.3, -0.25) is 0 Å². The fourth-order valence-corrected chi connectivity index (χ4v) is 5.77. The number of ether oxygens (including phenoxy) is 1. The van der Waals surface area contributed by atoms with E-state index in [4.69, 9.17) is 4.74 Å². The van der Waals surface area contributed by atoms with Crippen molar-refractivity contribution in [2.24, 2.45) is 11.8 Å². The Morgan fingerprint density at radius 1 is 0.460 bits per heavy atom. The minimum absolute atomic E-state index is 0.744. The molecule has 276 valence electrons. The van der Waals surface area contributed by atoms with Crippen LogP contribution < -0.4 is 0 Å². The minimum atomic E-state index is 0.744. The van der Waals surface area contributed by atoms with Gasteiger partial charge in [-0.2, -0.15) is 0 Å². The van der Waals surface area contributed by atoms with Crippen LogP contribution in [-0.4, -0.2) is 6.61 Å². The van der Waals surface area contributed by atoms with Gasteiger partial charge in [-0.1, -0.05) is 191 Å². The largest absolute Gasteiger partial charge is 0.377 e. The highest BCUT2D eigenvalue weighted by molar-refractivity contribution is 5.27. The maximum Gasteiger partial charge on any atom is 0.0716 e. The van der Waals surface area contributed by atoms with Crippen LogP contribution in [0.3, 0.4) is 0 Å². The molecule has 1 aliphatic rings. The zero-order valence-electron chi connectivity index (χ0n) is 34.0. The Morgan fingerprint density at radius 2 is 0.860 bits per heavy atom. The second-order valence-corrected chi connectivity index (χ2v) is 13.9. The summed E-state index contributed by atoms with van der Waals surface area (Å²) in [5.74, 6) is 2.04. The van der Waals surface area contributed by atoms with Crippen LogP contribution in [0.2, 0.25) is 0 Å². The van der Waals surface area contributed by atoms with E-state index in [9.17, 15) is 0 Å². The van der Waals surface area contributed by atoms with Crippen molar-refractivity contribution in [3.05, 3.63) is 142 Å². The second kappa shape index (κ2) is 28.5. The van der Waals surface area contributed by atoms with E-state index in [1.54, 1.807) is 0 Å². The van der Waals surface area contributed by atoms with E-state index in [1.807, 2.05) is 0 Å². The molecule has 5 rings (SSSR count). The number of aryl methyl sites for hydroxylation is 7. The van der Waals surface area contributed by atoms with Crippen LogP contribution in [0.25, 0.3) is 0 Å². The van der Waals surface area contributed by atoms with Gasteiger partial charge in [0, 0.05) is 6.61 Å². The van der Waals surface area contributed by atoms with Crippen LogP contribution in [-0.2, 0) is 49.9 Å². The van der Waals surface area contributed by atoms with Crippen molar-refractivity contribution in [3.8, 4) is 0 Å². The molecule has 0 unspecified atom stereocenters. The molecule has 0 spiro atoms. The van der Waals surface area contributed by atoms with E-state index in [-0.39, 0.29) is 0 Å². The van der Waals surface area contributed by atoms with Gasteiger partial charge >= 0.3 is 0 Å². The molecule has 0 radical (unpaired) electrons. The molecule has 0 saturated heterocycles. The lowest BCUT2D eigenvalue weighted by molar-refractivity contribution is 0.121. The summed E-state index contributed by atoms with van der Waals surface area (Å²) in [6.45, 7) is 23.7. The predicted octanol–water partition coefficient (Wildman–Crippen LogP) is 14.2. The van der Waals surface area contributed by atoms with Gasteiger partial charge in [0.05, 0.1) is 6.61 Å². The Hall–Kier alpha value is -3.16. The van der Waals surface area contributed by atoms with Gasteiger partial charge < -0.3 is 4.74 Å². The Morgan fingerprint density at radius 3 is 1.22 bits per heavy atom. The Bertz CT molecular complexity index is 1270. The summed E-state index contributed by atoms with van der Waals surface area (Å²) < 4.78 is 5.41. The van der Waals surface area contributed by atoms with Crippen molar-refractivity contribution in [2.45, 2.75) is 146 Å². The lowest BCUT2D eigenvalue weighted by Gasteiger charge is -2.22. The fourth-order valence-electron chi connectivity index (χ4n) is 5.77. The van der Waals surface area contributed by atoms with Crippen molar-refractivity contribution in [3.63, 3.8) is 0 Å². The lowest BCUT2D eigenvalue weighted by atomic mass is 9.84. The zero-order chi connectivity index (χ0) is 37.0. The SMILES string of the molecule is CC1CCC(C)CC1.CCCOCc1ccc(C)cc1.CCc1ccc(CC)cc1.CCc1cccc(CC)c1.CCc1ccccc1CC. The third-order valence-electron chi connectivity index (χ3n) is 9.57. The van der Waals surface area contributed by atoms with Crippen molar-refractivity contribution in [1.29, 1.82) is 0 Å². The number of benzene rings is 4. The summed E-state index contributed by atoms with van der Waals surface area (Å²) in [5, 5.41) is 0. The third kappa shape index (κ3) is 20.5. The van der Waals surface area contributed by atoms with E-state index in [0.29, 0.717) is 0 Å². The summed E-state index contributed by atoms with van der Waals surface area (Å²) in [6, 6.07) is 34.7. The topological polar surface area (TPSA) is 9.23 Å². The highest BCUT2D eigenvalue weighted by Crippen LogP contribution is 2.27. The van der Waals surface area contributed by atoms with Gasteiger partial charge in [0.15, 0.2) is 0 Å². The van der Waals surface area contributed by atoms with Crippen LogP contribution in [0, 0.1) is 18.8 Å². The summed E-state index contributed by atoms with van der Waals surface area (Å²) in [4.78, 5) is 0. The van der Waals surface area contributed by atoms with Crippen LogP contribution in [0.4, 0.5) is 0 Å². The number of rotatable bonds is 10. The van der Waals surface area contributed by atoms with E-state index >= 15 is 0 Å². The normalized spacial score (nSPS) is 14.7. The molecule has 1 aliphatic carbocycles. The first-order valence-corrected chi connectivity index (χ1v) is 20.1. The van der Waals surface area contributed by atoms with Gasteiger partial charge in [0.2, 0.25) is 0 Å². The average molecular weight is 679 g/mol. The van der Waals surface area contributed by atoms with Crippen LogP contribution in [0.1, 0.15) is 139 Å². The van der Waals surface area contributed by atoms with Gasteiger partial charge in [-0.25, -0.2) is 0 Å².